The van der Waals surface area contributed by atoms with Gasteiger partial charge in [0.05, 0.1) is 12.5 Å². The Kier molecular flexibility index (Phi) is 8.30. The highest BCUT2D eigenvalue weighted by Crippen LogP contribution is 2.24. The number of halogens is 1. The summed E-state index contributed by atoms with van der Waals surface area (Å²) >= 11 is 6.88. The van der Waals surface area contributed by atoms with E-state index in [9.17, 15) is 14.4 Å². The summed E-state index contributed by atoms with van der Waals surface area (Å²) in [7, 11) is 0. The third kappa shape index (κ3) is 6.70. The van der Waals surface area contributed by atoms with E-state index in [0.717, 1.165) is 11.8 Å². The van der Waals surface area contributed by atoms with Crippen molar-refractivity contribution in [2.45, 2.75) is 25.0 Å². The van der Waals surface area contributed by atoms with Crippen molar-refractivity contribution in [2.75, 3.05) is 32.1 Å². The summed E-state index contributed by atoms with van der Waals surface area (Å²) in [6.45, 7) is 2.63. The monoisotopic (exact) mass is 467 g/mol. The highest BCUT2D eigenvalue weighted by molar-refractivity contribution is 7.99. The number of piperidine rings is 1. The van der Waals surface area contributed by atoms with Crippen molar-refractivity contribution in [3.63, 3.8) is 0 Å². The predicted octanol–water partition coefficient (Wildman–Crippen LogP) is 2.83. The number of hydrogen-bond acceptors (Lipinski definition) is 9. The molecule has 1 fully saturated rings. The Morgan fingerprint density at radius 1 is 1.16 bits per heavy atom. The van der Waals surface area contributed by atoms with Gasteiger partial charge in [0, 0.05) is 23.7 Å². The maximum absolute atomic E-state index is 12.2. The van der Waals surface area contributed by atoms with E-state index in [0.29, 0.717) is 49.0 Å². The van der Waals surface area contributed by atoms with E-state index in [1.54, 1.807) is 36.1 Å². The molecule has 0 bridgehead atoms. The van der Waals surface area contributed by atoms with E-state index >= 15 is 0 Å². The molecule has 0 N–H and O–H groups in total. The summed E-state index contributed by atoms with van der Waals surface area (Å²) in [5.74, 6) is -1.02. The highest BCUT2D eigenvalue weighted by atomic mass is 35.5. The van der Waals surface area contributed by atoms with Gasteiger partial charge in [-0.3, -0.25) is 14.4 Å². The molecule has 0 unspecified atom stereocenters. The lowest BCUT2D eigenvalue weighted by Gasteiger charge is -2.30. The van der Waals surface area contributed by atoms with Crippen molar-refractivity contribution < 1.29 is 28.3 Å². The van der Waals surface area contributed by atoms with Gasteiger partial charge in [-0.25, -0.2) is 0 Å². The summed E-state index contributed by atoms with van der Waals surface area (Å²) in [5, 5.41) is 8.63. The number of benzene rings is 1. The largest absolute Gasteiger partial charge is 0.466 e. The average molecular weight is 468 g/mol. The standard InChI is InChI=1S/C20H22ClN3O6S/c1-2-28-19(27)14-7-9-24(10-8-14)16(25)11-29-17(26)12-31-20-23-22-18(30-20)13-3-5-15(21)6-4-13/h3-6,14H,2,7-12H2,1H3. The molecular formula is C20H22ClN3O6S. The number of hydrogen-bond donors (Lipinski definition) is 0. The van der Waals surface area contributed by atoms with Gasteiger partial charge in [0.1, 0.15) is 5.75 Å². The molecule has 0 radical (unpaired) electrons. The van der Waals surface area contributed by atoms with Crippen LogP contribution in [0.2, 0.25) is 5.02 Å². The second-order valence-electron chi connectivity index (χ2n) is 6.74. The molecular weight excluding hydrogens is 446 g/mol. The van der Waals surface area contributed by atoms with Crippen LogP contribution >= 0.6 is 23.4 Å². The number of carbonyl (C=O) groups excluding carboxylic acids is 3. The van der Waals surface area contributed by atoms with E-state index in [-0.39, 0.29) is 35.4 Å². The van der Waals surface area contributed by atoms with Gasteiger partial charge in [0.25, 0.3) is 11.1 Å². The van der Waals surface area contributed by atoms with Gasteiger partial charge in [-0.2, -0.15) is 0 Å². The number of amides is 1. The molecule has 1 saturated heterocycles. The quantitative estimate of drug-likeness (QED) is 0.427. The Morgan fingerprint density at radius 2 is 1.87 bits per heavy atom. The summed E-state index contributed by atoms with van der Waals surface area (Å²) < 4.78 is 15.6. The second-order valence-corrected chi connectivity index (χ2v) is 8.10. The van der Waals surface area contributed by atoms with E-state index in [1.165, 1.54) is 0 Å². The van der Waals surface area contributed by atoms with E-state index in [1.807, 2.05) is 0 Å². The lowest BCUT2D eigenvalue weighted by molar-refractivity contribution is -0.153. The first kappa shape index (κ1) is 23.1. The molecule has 0 atom stereocenters. The zero-order valence-electron chi connectivity index (χ0n) is 16.9. The predicted molar refractivity (Wildman–Crippen MR) is 112 cm³/mol. The first-order valence-corrected chi connectivity index (χ1v) is 11.1. The first-order valence-electron chi connectivity index (χ1n) is 9.78. The van der Waals surface area contributed by atoms with Crippen LogP contribution in [0.25, 0.3) is 11.5 Å². The number of carbonyl (C=O) groups is 3. The Labute approximate surface area is 188 Å². The first-order chi connectivity index (χ1) is 15.0. The number of aromatic nitrogens is 2. The van der Waals surface area contributed by atoms with E-state index in [2.05, 4.69) is 10.2 Å². The fourth-order valence-electron chi connectivity index (χ4n) is 3.00. The third-order valence-electron chi connectivity index (χ3n) is 4.64. The average Bonchev–Trinajstić information content (AvgIpc) is 3.26. The summed E-state index contributed by atoms with van der Waals surface area (Å²) in [4.78, 5) is 37.5. The molecule has 2 aromatic rings. The minimum Gasteiger partial charge on any atom is -0.466 e. The molecule has 1 aromatic carbocycles. The maximum Gasteiger partial charge on any atom is 0.316 e. The third-order valence-corrected chi connectivity index (χ3v) is 5.68. The Morgan fingerprint density at radius 3 is 2.55 bits per heavy atom. The Hall–Kier alpha value is -2.59. The summed E-state index contributed by atoms with van der Waals surface area (Å²) in [6.07, 6.45) is 1.09. The van der Waals surface area contributed by atoms with Crippen LogP contribution in [0.15, 0.2) is 33.9 Å². The van der Waals surface area contributed by atoms with Gasteiger partial charge in [0.15, 0.2) is 6.61 Å². The zero-order valence-corrected chi connectivity index (χ0v) is 18.5. The van der Waals surface area contributed by atoms with Gasteiger partial charge in [-0.05, 0) is 44.0 Å². The van der Waals surface area contributed by atoms with Crippen LogP contribution in [0.3, 0.4) is 0 Å². The van der Waals surface area contributed by atoms with E-state index < -0.39 is 5.97 Å². The molecule has 1 amide bonds. The normalized spacial score (nSPS) is 14.3. The van der Waals surface area contributed by atoms with Crippen molar-refractivity contribution in [1.29, 1.82) is 0 Å². The fraction of sp³-hybridized carbons (Fsp3) is 0.450. The van der Waals surface area contributed by atoms with Crippen molar-refractivity contribution in [1.82, 2.24) is 15.1 Å². The molecule has 0 saturated carbocycles. The number of thioether (sulfide) groups is 1. The van der Waals surface area contributed by atoms with Crippen LogP contribution in [-0.4, -0.2) is 65.0 Å². The van der Waals surface area contributed by atoms with Crippen LogP contribution < -0.4 is 0 Å². The SMILES string of the molecule is CCOC(=O)C1CCN(C(=O)COC(=O)CSc2nnc(-c3ccc(Cl)cc3)o2)CC1. The Balaban J connectivity index is 1.37. The van der Waals surface area contributed by atoms with Gasteiger partial charge in [-0.1, -0.05) is 23.4 Å². The van der Waals surface area contributed by atoms with Crippen LogP contribution in [0, 0.1) is 5.92 Å². The van der Waals surface area contributed by atoms with Crippen molar-refractivity contribution in [3.8, 4) is 11.5 Å². The van der Waals surface area contributed by atoms with E-state index in [4.69, 9.17) is 25.5 Å². The molecule has 1 aliphatic rings. The van der Waals surface area contributed by atoms with Crippen LogP contribution in [-0.2, 0) is 23.9 Å². The number of nitrogens with zero attached hydrogens (tertiary/aromatic N) is 3. The summed E-state index contributed by atoms with van der Waals surface area (Å²) in [5.41, 5.74) is 0.712. The Bertz CT molecular complexity index is 912. The molecule has 2 heterocycles. The lowest BCUT2D eigenvalue weighted by Crippen LogP contribution is -2.42. The second kappa shape index (κ2) is 11.1. The van der Waals surface area contributed by atoms with Gasteiger partial charge in [-0.15, -0.1) is 10.2 Å². The topological polar surface area (TPSA) is 112 Å². The molecule has 31 heavy (non-hydrogen) atoms. The van der Waals surface area contributed by atoms with Crippen LogP contribution in [0.1, 0.15) is 19.8 Å². The van der Waals surface area contributed by atoms with Gasteiger partial charge in [0.2, 0.25) is 5.89 Å². The fourth-order valence-corrected chi connectivity index (χ4v) is 3.68. The minimum absolute atomic E-state index is 0.0690. The molecule has 11 heteroatoms. The summed E-state index contributed by atoms with van der Waals surface area (Å²) in [6, 6.07) is 6.92. The number of ether oxygens (including phenoxy) is 2. The van der Waals surface area contributed by atoms with Crippen molar-refractivity contribution >= 4 is 41.2 Å². The van der Waals surface area contributed by atoms with Crippen molar-refractivity contribution in [3.05, 3.63) is 29.3 Å². The number of likely N-dealkylation sites (tertiary alicyclic amines) is 1. The molecule has 1 aliphatic heterocycles. The number of esters is 2. The lowest BCUT2D eigenvalue weighted by atomic mass is 9.97. The molecule has 1 aromatic heterocycles. The number of rotatable bonds is 8. The zero-order chi connectivity index (χ0) is 22.2. The molecule has 0 aliphatic carbocycles. The molecule has 166 valence electrons. The highest BCUT2D eigenvalue weighted by Gasteiger charge is 2.28. The smallest absolute Gasteiger partial charge is 0.316 e. The van der Waals surface area contributed by atoms with Crippen molar-refractivity contribution in [2.24, 2.45) is 5.92 Å². The van der Waals surface area contributed by atoms with Crippen LogP contribution in [0.5, 0.6) is 0 Å². The van der Waals surface area contributed by atoms with Gasteiger partial charge >= 0.3 is 11.9 Å². The molecule has 0 spiro atoms. The molecule has 9 nitrogen and oxygen atoms in total. The maximum atomic E-state index is 12.2. The molecule has 3 rings (SSSR count). The van der Waals surface area contributed by atoms with Gasteiger partial charge < -0.3 is 18.8 Å². The van der Waals surface area contributed by atoms with Crippen LogP contribution in [0.4, 0.5) is 0 Å². The minimum atomic E-state index is -0.564.